The maximum atomic E-state index is 14.3. The van der Waals surface area contributed by atoms with Crippen LogP contribution in [-0.2, 0) is 5.41 Å². The highest BCUT2D eigenvalue weighted by Crippen LogP contribution is 2.58. The van der Waals surface area contributed by atoms with Crippen LogP contribution in [0.15, 0.2) is 103 Å². The summed E-state index contributed by atoms with van der Waals surface area (Å²) < 4.78 is 0. The van der Waals surface area contributed by atoms with Crippen LogP contribution in [0.1, 0.15) is 39.9 Å². The van der Waals surface area contributed by atoms with Crippen LogP contribution in [0.4, 0.5) is 0 Å². The van der Waals surface area contributed by atoms with Gasteiger partial charge in [-0.15, -0.1) is 0 Å². The normalized spacial score (nSPS) is 27.0. The second-order valence-electron chi connectivity index (χ2n) is 8.49. The maximum absolute atomic E-state index is 14.3. The lowest BCUT2D eigenvalue weighted by Gasteiger charge is -2.42. The van der Waals surface area contributed by atoms with Crippen LogP contribution in [-0.4, -0.2) is 5.78 Å². The van der Waals surface area contributed by atoms with Crippen LogP contribution in [0, 0.1) is 11.8 Å². The zero-order valence-corrected chi connectivity index (χ0v) is 16.2. The van der Waals surface area contributed by atoms with E-state index in [1.54, 1.807) is 0 Å². The molecule has 0 N–H and O–H groups in total. The van der Waals surface area contributed by atoms with Gasteiger partial charge < -0.3 is 0 Å². The van der Waals surface area contributed by atoms with Gasteiger partial charge >= 0.3 is 0 Å². The Morgan fingerprint density at radius 3 is 2.14 bits per heavy atom. The fourth-order valence-corrected chi connectivity index (χ4v) is 5.85. The Hall–Kier alpha value is -3.19. The predicted molar refractivity (Wildman–Crippen MR) is 117 cm³/mol. The lowest BCUT2D eigenvalue weighted by molar-refractivity contribution is 0.0817. The van der Waals surface area contributed by atoms with Crippen LogP contribution in [0.2, 0.25) is 0 Å². The summed E-state index contributed by atoms with van der Waals surface area (Å²) in [6, 6.07) is 29.3. The van der Waals surface area contributed by atoms with Gasteiger partial charge in [0.2, 0.25) is 0 Å². The molecule has 0 aliphatic heterocycles. The van der Waals surface area contributed by atoms with E-state index in [4.69, 9.17) is 0 Å². The number of allylic oxidation sites excluding steroid dienone is 3. The molecule has 1 saturated carbocycles. The van der Waals surface area contributed by atoms with Crippen molar-refractivity contribution in [3.05, 3.63) is 125 Å². The van der Waals surface area contributed by atoms with Gasteiger partial charge in [-0.3, -0.25) is 4.79 Å². The van der Waals surface area contributed by atoms with Crippen molar-refractivity contribution in [1.82, 2.24) is 0 Å². The first-order valence-corrected chi connectivity index (χ1v) is 10.5. The molecule has 1 fully saturated rings. The Morgan fingerprint density at radius 2 is 1.38 bits per heavy atom. The highest BCUT2D eigenvalue weighted by Gasteiger charge is 2.54. The SMILES string of the molecule is O=C1c2ccccc2C(c2ccccc2)=C2C[C@@]1(c1ccccc1)[C@H]1C=C[C@@H]2C1. The lowest BCUT2D eigenvalue weighted by Crippen LogP contribution is -2.44. The summed E-state index contributed by atoms with van der Waals surface area (Å²) >= 11 is 0. The Labute approximate surface area is 171 Å². The number of ketones is 1. The van der Waals surface area contributed by atoms with E-state index in [9.17, 15) is 4.79 Å². The van der Waals surface area contributed by atoms with Gasteiger partial charge in [0.25, 0.3) is 0 Å². The van der Waals surface area contributed by atoms with Crippen molar-refractivity contribution in [2.75, 3.05) is 0 Å². The maximum Gasteiger partial charge on any atom is 0.174 e. The average Bonchev–Trinajstić information content (AvgIpc) is 3.19. The molecular formula is C28H22O. The van der Waals surface area contributed by atoms with Gasteiger partial charge in [0.1, 0.15) is 0 Å². The standard InChI is InChI=1S/C28H22O/c29-27-24-14-8-7-13-23(24)26(19-9-3-1-4-10-19)25-18-28(27,21-11-5-2-6-12-21)22-16-15-20(25)17-22/h1-16,20,22H,17-18H2/t20-,22+,28-/m1/s1. The molecule has 1 heteroatoms. The molecule has 0 aromatic heterocycles. The Bertz CT molecular complexity index is 1170. The summed E-state index contributed by atoms with van der Waals surface area (Å²) in [5, 5.41) is 0. The van der Waals surface area contributed by atoms with E-state index in [1.165, 1.54) is 16.7 Å². The van der Waals surface area contributed by atoms with E-state index in [0.29, 0.717) is 5.92 Å². The van der Waals surface area contributed by atoms with Crippen LogP contribution >= 0.6 is 0 Å². The molecule has 0 spiro atoms. The number of fused-ring (bicyclic) bond motifs is 7. The molecular weight excluding hydrogens is 352 g/mol. The van der Waals surface area contributed by atoms with Gasteiger partial charge in [0.05, 0.1) is 5.41 Å². The topological polar surface area (TPSA) is 17.1 Å². The van der Waals surface area contributed by atoms with E-state index in [1.807, 2.05) is 18.2 Å². The van der Waals surface area contributed by atoms with Crippen LogP contribution in [0.5, 0.6) is 0 Å². The molecule has 0 heterocycles. The van der Waals surface area contributed by atoms with E-state index in [-0.39, 0.29) is 11.7 Å². The number of benzene rings is 3. The van der Waals surface area contributed by atoms with Gasteiger partial charge in [-0.25, -0.2) is 0 Å². The van der Waals surface area contributed by atoms with Crippen molar-refractivity contribution in [3.63, 3.8) is 0 Å². The van der Waals surface area contributed by atoms with E-state index in [0.717, 1.165) is 29.5 Å². The number of hydrogen-bond acceptors (Lipinski definition) is 1. The Kier molecular flexibility index (Phi) is 3.55. The Morgan fingerprint density at radius 1 is 0.724 bits per heavy atom. The minimum Gasteiger partial charge on any atom is -0.293 e. The van der Waals surface area contributed by atoms with Crippen molar-refractivity contribution in [3.8, 4) is 0 Å². The third-order valence-corrected chi connectivity index (χ3v) is 7.15. The highest BCUT2D eigenvalue weighted by atomic mass is 16.1. The molecule has 3 aromatic rings. The molecule has 1 nitrogen and oxygen atoms in total. The van der Waals surface area contributed by atoms with Crippen LogP contribution in [0.25, 0.3) is 5.57 Å². The highest BCUT2D eigenvalue weighted by molar-refractivity contribution is 6.11. The molecule has 3 aliphatic rings. The van der Waals surface area contributed by atoms with E-state index in [2.05, 4.69) is 78.9 Å². The number of carbonyl (C=O) groups excluding carboxylic acids is 1. The summed E-state index contributed by atoms with van der Waals surface area (Å²) in [7, 11) is 0. The quantitative estimate of drug-likeness (QED) is 0.487. The average molecular weight is 374 g/mol. The van der Waals surface area contributed by atoms with Crippen molar-refractivity contribution >= 4 is 11.4 Å². The predicted octanol–water partition coefficient (Wildman–Crippen LogP) is 6.22. The third-order valence-electron chi connectivity index (χ3n) is 7.15. The number of hydrogen-bond donors (Lipinski definition) is 0. The second-order valence-corrected chi connectivity index (χ2v) is 8.49. The first-order valence-electron chi connectivity index (χ1n) is 10.5. The molecule has 0 saturated heterocycles. The summed E-state index contributed by atoms with van der Waals surface area (Å²) in [5.41, 5.74) is 6.51. The molecule has 3 aromatic carbocycles. The Balaban J connectivity index is 1.73. The summed E-state index contributed by atoms with van der Waals surface area (Å²) in [6.07, 6.45) is 6.51. The summed E-state index contributed by atoms with van der Waals surface area (Å²) in [6.45, 7) is 0. The number of Topliss-reactive ketones (excluding diaryl/α,β-unsaturated/α-hetero) is 1. The fourth-order valence-electron chi connectivity index (χ4n) is 5.85. The molecule has 3 atom stereocenters. The molecule has 140 valence electrons. The van der Waals surface area contributed by atoms with E-state index >= 15 is 0 Å². The van der Waals surface area contributed by atoms with Crippen LogP contribution in [0.3, 0.4) is 0 Å². The molecule has 0 unspecified atom stereocenters. The third kappa shape index (κ3) is 2.25. The minimum absolute atomic E-state index is 0.259. The van der Waals surface area contributed by atoms with Crippen LogP contribution < -0.4 is 0 Å². The molecule has 6 rings (SSSR count). The molecule has 4 bridgehead atoms. The molecule has 0 radical (unpaired) electrons. The largest absolute Gasteiger partial charge is 0.293 e. The second kappa shape index (κ2) is 6.15. The molecule has 29 heavy (non-hydrogen) atoms. The van der Waals surface area contributed by atoms with Gasteiger partial charge in [0, 0.05) is 5.56 Å². The summed E-state index contributed by atoms with van der Waals surface area (Å²) in [4.78, 5) is 14.3. The zero-order chi connectivity index (χ0) is 19.4. The smallest absolute Gasteiger partial charge is 0.174 e. The first-order chi connectivity index (χ1) is 14.3. The van der Waals surface area contributed by atoms with Gasteiger partial charge in [0.15, 0.2) is 5.78 Å². The van der Waals surface area contributed by atoms with Crippen molar-refractivity contribution in [2.45, 2.75) is 18.3 Å². The van der Waals surface area contributed by atoms with Gasteiger partial charge in [-0.05, 0) is 46.9 Å². The van der Waals surface area contributed by atoms with E-state index < -0.39 is 5.41 Å². The van der Waals surface area contributed by atoms with Gasteiger partial charge in [-0.1, -0.05) is 103 Å². The monoisotopic (exact) mass is 374 g/mol. The van der Waals surface area contributed by atoms with Crippen molar-refractivity contribution in [2.24, 2.45) is 11.8 Å². The number of carbonyl (C=O) groups is 1. The molecule has 3 aliphatic carbocycles. The van der Waals surface area contributed by atoms with Gasteiger partial charge in [-0.2, -0.15) is 0 Å². The number of rotatable bonds is 2. The lowest BCUT2D eigenvalue weighted by atomic mass is 9.59. The van der Waals surface area contributed by atoms with Crippen molar-refractivity contribution < 1.29 is 4.79 Å². The first kappa shape index (κ1) is 16.7. The van der Waals surface area contributed by atoms with Crippen molar-refractivity contribution in [1.29, 1.82) is 0 Å². The minimum atomic E-state index is -0.507. The zero-order valence-electron chi connectivity index (χ0n) is 16.2. The fraction of sp³-hybridized carbons (Fsp3) is 0.179. The molecule has 0 amide bonds. The summed E-state index contributed by atoms with van der Waals surface area (Å²) in [5.74, 6) is 0.957.